The summed E-state index contributed by atoms with van der Waals surface area (Å²) < 4.78 is 0. The van der Waals surface area contributed by atoms with Gasteiger partial charge in [-0.15, -0.1) is 0 Å². The molecule has 0 saturated carbocycles. The monoisotopic (exact) mass is 240 g/mol. The van der Waals surface area contributed by atoms with Crippen molar-refractivity contribution in [2.75, 3.05) is 26.2 Å². The fourth-order valence-corrected chi connectivity index (χ4v) is 2.86. The van der Waals surface area contributed by atoms with E-state index in [1.807, 2.05) is 0 Å². The molecular weight excluding hydrogens is 208 g/mol. The minimum atomic E-state index is 0.718. The van der Waals surface area contributed by atoms with Crippen molar-refractivity contribution in [3.8, 4) is 0 Å². The Kier molecular flexibility index (Phi) is 7.87. The van der Waals surface area contributed by atoms with Crippen LogP contribution < -0.4 is 5.32 Å². The maximum absolute atomic E-state index is 3.72. The molecular formula is C15H32N2. The van der Waals surface area contributed by atoms with Crippen molar-refractivity contribution in [1.82, 2.24) is 10.2 Å². The molecule has 0 amide bonds. The van der Waals surface area contributed by atoms with Crippen LogP contribution in [-0.2, 0) is 0 Å². The number of unbranched alkanes of at least 4 members (excludes halogenated alkanes) is 2. The van der Waals surface area contributed by atoms with Gasteiger partial charge in [-0.3, -0.25) is 0 Å². The van der Waals surface area contributed by atoms with Gasteiger partial charge in [0, 0.05) is 6.04 Å². The number of hydrogen-bond acceptors (Lipinski definition) is 2. The van der Waals surface area contributed by atoms with Crippen molar-refractivity contribution in [2.24, 2.45) is 5.92 Å². The van der Waals surface area contributed by atoms with E-state index in [0.717, 1.165) is 12.0 Å². The maximum atomic E-state index is 3.72. The SMILES string of the molecule is CCCCCNC(C)C1CCN(CCC)CC1. The first kappa shape index (κ1) is 15.0. The van der Waals surface area contributed by atoms with Crippen molar-refractivity contribution >= 4 is 0 Å². The van der Waals surface area contributed by atoms with Gasteiger partial charge >= 0.3 is 0 Å². The lowest BCUT2D eigenvalue weighted by Crippen LogP contribution is -2.42. The lowest BCUT2D eigenvalue weighted by molar-refractivity contribution is 0.163. The quantitative estimate of drug-likeness (QED) is 0.655. The van der Waals surface area contributed by atoms with Gasteiger partial charge in [-0.2, -0.15) is 0 Å². The molecule has 0 aliphatic carbocycles. The molecule has 102 valence electrons. The first-order valence-electron chi connectivity index (χ1n) is 7.73. The van der Waals surface area contributed by atoms with Crippen LogP contribution in [0.5, 0.6) is 0 Å². The zero-order chi connectivity index (χ0) is 12.5. The van der Waals surface area contributed by atoms with E-state index in [0.29, 0.717) is 0 Å². The third kappa shape index (κ3) is 5.87. The zero-order valence-electron chi connectivity index (χ0n) is 12.2. The Hall–Kier alpha value is -0.0800. The van der Waals surface area contributed by atoms with Crippen LogP contribution in [0, 0.1) is 5.92 Å². The molecule has 2 nitrogen and oxygen atoms in total. The third-order valence-corrected chi connectivity index (χ3v) is 4.13. The van der Waals surface area contributed by atoms with Gasteiger partial charge in [0.25, 0.3) is 0 Å². The Balaban J connectivity index is 2.10. The summed E-state index contributed by atoms with van der Waals surface area (Å²) in [7, 11) is 0. The normalized spacial score (nSPS) is 20.6. The second kappa shape index (κ2) is 8.93. The van der Waals surface area contributed by atoms with Gasteiger partial charge in [-0.25, -0.2) is 0 Å². The van der Waals surface area contributed by atoms with Crippen LogP contribution in [-0.4, -0.2) is 37.1 Å². The number of nitrogens with one attached hydrogen (secondary N) is 1. The molecule has 1 saturated heterocycles. The summed E-state index contributed by atoms with van der Waals surface area (Å²) in [6, 6.07) is 0.718. The maximum Gasteiger partial charge on any atom is 0.00679 e. The summed E-state index contributed by atoms with van der Waals surface area (Å²) in [5, 5.41) is 3.72. The first-order valence-corrected chi connectivity index (χ1v) is 7.73. The van der Waals surface area contributed by atoms with Crippen molar-refractivity contribution in [2.45, 2.75) is 65.3 Å². The number of piperidine rings is 1. The molecule has 1 heterocycles. The minimum Gasteiger partial charge on any atom is -0.314 e. The first-order chi connectivity index (χ1) is 8.27. The predicted molar refractivity (Wildman–Crippen MR) is 76.4 cm³/mol. The van der Waals surface area contributed by atoms with E-state index in [1.54, 1.807) is 0 Å². The molecule has 17 heavy (non-hydrogen) atoms. The fourth-order valence-electron chi connectivity index (χ4n) is 2.86. The molecule has 2 heteroatoms. The summed E-state index contributed by atoms with van der Waals surface area (Å²) in [5.74, 6) is 0.907. The highest BCUT2D eigenvalue weighted by Gasteiger charge is 2.22. The van der Waals surface area contributed by atoms with Gasteiger partial charge in [0.1, 0.15) is 0 Å². The van der Waals surface area contributed by atoms with Crippen LogP contribution >= 0.6 is 0 Å². The second-order valence-corrected chi connectivity index (χ2v) is 5.63. The van der Waals surface area contributed by atoms with Gasteiger partial charge in [0.15, 0.2) is 0 Å². The highest BCUT2D eigenvalue weighted by atomic mass is 15.1. The average molecular weight is 240 g/mol. The van der Waals surface area contributed by atoms with Crippen molar-refractivity contribution in [1.29, 1.82) is 0 Å². The van der Waals surface area contributed by atoms with E-state index in [4.69, 9.17) is 0 Å². The fraction of sp³-hybridized carbons (Fsp3) is 1.00. The smallest absolute Gasteiger partial charge is 0.00679 e. The molecule has 0 spiro atoms. The van der Waals surface area contributed by atoms with Crippen molar-refractivity contribution in [3.05, 3.63) is 0 Å². The van der Waals surface area contributed by atoms with E-state index in [1.165, 1.54) is 64.7 Å². The van der Waals surface area contributed by atoms with Gasteiger partial charge in [0.2, 0.25) is 0 Å². The molecule has 1 unspecified atom stereocenters. The highest BCUT2D eigenvalue weighted by molar-refractivity contribution is 4.79. The Bertz CT molecular complexity index is 174. The summed E-state index contributed by atoms with van der Waals surface area (Å²) in [6.45, 7) is 12.1. The predicted octanol–water partition coefficient (Wildman–Crippen LogP) is 3.28. The largest absolute Gasteiger partial charge is 0.314 e. The van der Waals surface area contributed by atoms with Gasteiger partial charge in [0.05, 0.1) is 0 Å². The average Bonchev–Trinajstić information content (AvgIpc) is 2.36. The summed E-state index contributed by atoms with van der Waals surface area (Å²) in [6.07, 6.45) is 8.12. The van der Waals surface area contributed by atoms with Crippen LogP contribution in [0.15, 0.2) is 0 Å². The zero-order valence-corrected chi connectivity index (χ0v) is 12.2. The molecule has 1 aliphatic heterocycles. The molecule has 1 atom stereocenters. The number of rotatable bonds is 8. The lowest BCUT2D eigenvalue weighted by Gasteiger charge is -2.35. The Labute approximate surface area is 108 Å². The van der Waals surface area contributed by atoms with Crippen LogP contribution in [0.25, 0.3) is 0 Å². The molecule has 1 fully saturated rings. The highest BCUT2D eigenvalue weighted by Crippen LogP contribution is 2.20. The molecule has 0 aromatic carbocycles. The summed E-state index contributed by atoms with van der Waals surface area (Å²) >= 11 is 0. The second-order valence-electron chi connectivity index (χ2n) is 5.63. The van der Waals surface area contributed by atoms with Crippen LogP contribution in [0.4, 0.5) is 0 Å². The van der Waals surface area contributed by atoms with E-state index >= 15 is 0 Å². The van der Waals surface area contributed by atoms with Crippen LogP contribution in [0.1, 0.15) is 59.3 Å². The van der Waals surface area contributed by atoms with Gasteiger partial charge in [-0.1, -0.05) is 26.7 Å². The topological polar surface area (TPSA) is 15.3 Å². The molecule has 0 radical (unpaired) electrons. The van der Waals surface area contributed by atoms with E-state index < -0.39 is 0 Å². The third-order valence-electron chi connectivity index (χ3n) is 4.13. The molecule has 1 N–H and O–H groups in total. The van der Waals surface area contributed by atoms with Gasteiger partial charge < -0.3 is 10.2 Å². The van der Waals surface area contributed by atoms with E-state index in [-0.39, 0.29) is 0 Å². The Morgan fingerprint density at radius 2 is 1.82 bits per heavy atom. The molecule has 1 aliphatic rings. The minimum absolute atomic E-state index is 0.718. The van der Waals surface area contributed by atoms with E-state index in [2.05, 4.69) is 31.0 Å². The van der Waals surface area contributed by atoms with Crippen LogP contribution in [0.2, 0.25) is 0 Å². The van der Waals surface area contributed by atoms with Crippen molar-refractivity contribution < 1.29 is 0 Å². The number of likely N-dealkylation sites (tertiary alicyclic amines) is 1. The van der Waals surface area contributed by atoms with E-state index in [9.17, 15) is 0 Å². The Morgan fingerprint density at radius 3 is 2.41 bits per heavy atom. The van der Waals surface area contributed by atoms with Gasteiger partial charge in [-0.05, 0) is 64.7 Å². The molecule has 0 aromatic rings. The summed E-state index contributed by atoms with van der Waals surface area (Å²) in [5.41, 5.74) is 0. The van der Waals surface area contributed by atoms with Crippen LogP contribution in [0.3, 0.4) is 0 Å². The summed E-state index contributed by atoms with van der Waals surface area (Å²) in [4.78, 5) is 2.63. The lowest BCUT2D eigenvalue weighted by atomic mass is 9.90. The molecule has 0 aromatic heterocycles. The molecule has 0 bridgehead atoms. The van der Waals surface area contributed by atoms with Crippen molar-refractivity contribution in [3.63, 3.8) is 0 Å². The molecule has 1 rings (SSSR count). The number of hydrogen-bond donors (Lipinski definition) is 1. The number of nitrogens with zero attached hydrogens (tertiary/aromatic N) is 1. The standard InChI is InChI=1S/C15H32N2/c1-4-6-7-10-16-14(3)15-8-12-17(11-5-2)13-9-15/h14-16H,4-13H2,1-3H3. The Morgan fingerprint density at radius 1 is 1.12 bits per heavy atom.